The number of hydrogen-bond acceptors (Lipinski definition) is 4. The summed E-state index contributed by atoms with van der Waals surface area (Å²) in [5.74, 6) is -1.24. The third-order valence-corrected chi connectivity index (χ3v) is 3.07. The molecule has 0 saturated heterocycles. The zero-order valence-corrected chi connectivity index (χ0v) is 10.5. The van der Waals surface area contributed by atoms with E-state index < -0.39 is 22.1 Å². The molecule has 7 heteroatoms. The van der Waals surface area contributed by atoms with Crippen LogP contribution in [0.25, 0.3) is 0 Å². The van der Waals surface area contributed by atoms with Gasteiger partial charge in [-0.2, -0.15) is 0 Å². The molecule has 0 radical (unpaired) electrons. The summed E-state index contributed by atoms with van der Waals surface area (Å²) in [5, 5.41) is 13.9. The van der Waals surface area contributed by atoms with Crippen molar-refractivity contribution in [1.82, 2.24) is 0 Å². The first-order valence-electron chi connectivity index (χ1n) is 4.95. The van der Waals surface area contributed by atoms with Crippen molar-refractivity contribution in [2.75, 3.05) is 0 Å². The van der Waals surface area contributed by atoms with Gasteiger partial charge in [-0.15, -0.1) is 0 Å². The van der Waals surface area contributed by atoms with Gasteiger partial charge in [0.15, 0.2) is 0 Å². The number of sulfonamides is 1. The highest BCUT2D eigenvalue weighted by atomic mass is 32.2. The van der Waals surface area contributed by atoms with Crippen molar-refractivity contribution in [3.05, 3.63) is 36.4 Å². The van der Waals surface area contributed by atoms with Crippen LogP contribution in [-0.2, 0) is 10.0 Å². The molecule has 0 aliphatic rings. The summed E-state index contributed by atoms with van der Waals surface area (Å²) in [5.41, 5.74) is -0.268. The molecule has 3 N–H and O–H groups in total. The highest BCUT2D eigenvalue weighted by Crippen LogP contribution is 2.23. The number of aromatic carboxylic acids is 1. The zero-order chi connectivity index (χ0) is 13.9. The maximum Gasteiger partial charge on any atom is 0.339 e. The Morgan fingerprint density at radius 3 is 2.61 bits per heavy atom. The van der Waals surface area contributed by atoms with E-state index in [2.05, 4.69) is 6.58 Å². The van der Waals surface area contributed by atoms with E-state index in [1.165, 1.54) is 18.2 Å². The van der Waals surface area contributed by atoms with E-state index in [-0.39, 0.29) is 16.2 Å². The molecule has 98 valence electrons. The highest BCUT2D eigenvalue weighted by Gasteiger charge is 2.17. The molecular weight excluding hydrogens is 258 g/mol. The van der Waals surface area contributed by atoms with Gasteiger partial charge in [-0.1, -0.05) is 12.7 Å². The number of carbonyl (C=O) groups is 1. The van der Waals surface area contributed by atoms with Crippen LogP contribution in [0.3, 0.4) is 0 Å². The lowest BCUT2D eigenvalue weighted by molar-refractivity contribution is 0.0691. The van der Waals surface area contributed by atoms with Gasteiger partial charge < -0.3 is 9.84 Å². The second kappa shape index (κ2) is 5.19. The molecule has 1 unspecified atom stereocenters. The monoisotopic (exact) mass is 271 g/mol. The van der Waals surface area contributed by atoms with Crippen molar-refractivity contribution in [3.63, 3.8) is 0 Å². The van der Waals surface area contributed by atoms with Crippen LogP contribution in [0.1, 0.15) is 17.3 Å². The number of rotatable bonds is 5. The van der Waals surface area contributed by atoms with Crippen molar-refractivity contribution in [2.45, 2.75) is 17.9 Å². The van der Waals surface area contributed by atoms with Crippen molar-refractivity contribution >= 4 is 16.0 Å². The Balaban J connectivity index is 3.29. The summed E-state index contributed by atoms with van der Waals surface area (Å²) in [6.07, 6.45) is 1.09. The minimum absolute atomic E-state index is 0.0577. The summed E-state index contributed by atoms with van der Waals surface area (Å²) < 4.78 is 27.5. The number of carboxylic acids is 1. The number of carboxylic acid groups (broad SMARTS) is 1. The van der Waals surface area contributed by atoms with Crippen LogP contribution >= 0.6 is 0 Å². The Labute approximate surface area is 105 Å². The molecule has 1 aromatic carbocycles. The van der Waals surface area contributed by atoms with Crippen LogP contribution in [0.2, 0.25) is 0 Å². The summed E-state index contributed by atoms with van der Waals surface area (Å²) in [7, 11) is -3.95. The molecule has 0 bridgehead atoms. The number of ether oxygens (including phenoxy) is 1. The average Bonchev–Trinajstić information content (AvgIpc) is 2.27. The van der Waals surface area contributed by atoms with Gasteiger partial charge in [0.25, 0.3) is 0 Å². The Morgan fingerprint density at radius 1 is 1.56 bits per heavy atom. The molecule has 0 aliphatic carbocycles. The average molecular weight is 271 g/mol. The van der Waals surface area contributed by atoms with Crippen LogP contribution in [0, 0.1) is 0 Å². The molecule has 18 heavy (non-hydrogen) atoms. The zero-order valence-electron chi connectivity index (χ0n) is 9.66. The van der Waals surface area contributed by atoms with Crippen molar-refractivity contribution in [1.29, 1.82) is 0 Å². The number of hydrogen-bond donors (Lipinski definition) is 2. The van der Waals surface area contributed by atoms with Gasteiger partial charge in [0, 0.05) is 0 Å². The molecule has 1 aromatic rings. The van der Waals surface area contributed by atoms with Gasteiger partial charge in [-0.05, 0) is 25.1 Å². The Hall–Kier alpha value is -1.86. The lowest BCUT2D eigenvalue weighted by atomic mass is 10.2. The van der Waals surface area contributed by atoms with Gasteiger partial charge in [0.1, 0.15) is 17.4 Å². The second-order valence-corrected chi connectivity index (χ2v) is 5.13. The Bertz CT molecular complexity index is 579. The first kappa shape index (κ1) is 14.2. The van der Waals surface area contributed by atoms with Crippen molar-refractivity contribution in [3.8, 4) is 5.75 Å². The lowest BCUT2D eigenvalue weighted by Crippen LogP contribution is -2.15. The first-order valence-corrected chi connectivity index (χ1v) is 6.49. The summed E-state index contributed by atoms with van der Waals surface area (Å²) in [4.78, 5) is 10.8. The van der Waals surface area contributed by atoms with Crippen LogP contribution in [0.5, 0.6) is 5.75 Å². The smallest absolute Gasteiger partial charge is 0.339 e. The Morgan fingerprint density at radius 2 is 2.17 bits per heavy atom. The topological polar surface area (TPSA) is 107 Å². The van der Waals surface area contributed by atoms with E-state index in [1.54, 1.807) is 6.92 Å². The van der Waals surface area contributed by atoms with E-state index in [0.29, 0.717) is 0 Å². The van der Waals surface area contributed by atoms with E-state index in [1.807, 2.05) is 0 Å². The molecule has 1 rings (SSSR count). The maximum absolute atomic E-state index is 11.1. The van der Waals surface area contributed by atoms with Gasteiger partial charge in [0.2, 0.25) is 10.0 Å². The SMILES string of the molecule is C=CC(C)Oc1ccc(S(N)(=O)=O)cc1C(=O)O. The predicted molar refractivity (Wildman–Crippen MR) is 65.1 cm³/mol. The van der Waals surface area contributed by atoms with E-state index >= 15 is 0 Å². The summed E-state index contributed by atoms with van der Waals surface area (Å²) in [6.45, 7) is 5.17. The van der Waals surface area contributed by atoms with E-state index in [0.717, 1.165) is 6.07 Å². The first-order chi connectivity index (χ1) is 8.25. The second-order valence-electron chi connectivity index (χ2n) is 3.57. The van der Waals surface area contributed by atoms with Crippen molar-refractivity contribution < 1.29 is 23.1 Å². The van der Waals surface area contributed by atoms with Gasteiger partial charge in [0.05, 0.1) is 4.90 Å². The number of benzene rings is 1. The van der Waals surface area contributed by atoms with Crippen LogP contribution in [0.15, 0.2) is 35.7 Å². The molecule has 0 aliphatic heterocycles. The fraction of sp³-hybridized carbons (Fsp3) is 0.182. The maximum atomic E-state index is 11.1. The van der Waals surface area contributed by atoms with Gasteiger partial charge in [-0.3, -0.25) is 0 Å². The largest absolute Gasteiger partial charge is 0.486 e. The predicted octanol–water partition coefficient (Wildman–Crippen LogP) is 0.986. The van der Waals surface area contributed by atoms with Crippen molar-refractivity contribution in [2.24, 2.45) is 5.14 Å². The van der Waals surface area contributed by atoms with Crippen LogP contribution < -0.4 is 9.88 Å². The number of primary sulfonamides is 1. The summed E-state index contributed by atoms with van der Waals surface area (Å²) >= 11 is 0. The van der Waals surface area contributed by atoms with Crippen LogP contribution in [-0.4, -0.2) is 25.6 Å². The van der Waals surface area contributed by atoms with Gasteiger partial charge >= 0.3 is 5.97 Å². The van der Waals surface area contributed by atoms with E-state index in [9.17, 15) is 13.2 Å². The molecule has 6 nitrogen and oxygen atoms in total. The molecule has 0 spiro atoms. The Kier molecular flexibility index (Phi) is 4.10. The molecule has 1 atom stereocenters. The third kappa shape index (κ3) is 3.31. The lowest BCUT2D eigenvalue weighted by Gasteiger charge is -2.13. The molecule has 0 fully saturated rings. The molecule has 0 aromatic heterocycles. The third-order valence-electron chi connectivity index (χ3n) is 2.15. The van der Waals surface area contributed by atoms with E-state index in [4.69, 9.17) is 15.0 Å². The summed E-state index contributed by atoms with van der Waals surface area (Å²) in [6, 6.07) is 3.40. The molecule has 0 saturated carbocycles. The molecular formula is C11H13NO5S. The fourth-order valence-electron chi connectivity index (χ4n) is 1.20. The quantitative estimate of drug-likeness (QED) is 0.776. The molecule has 0 amide bonds. The molecule has 0 heterocycles. The van der Waals surface area contributed by atoms with Crippen LogP contribution in [0.4, 0.5) is 0 Å². The standard InChI is InChI=1S/C11H13NO5S/c1-3-7(2)17-10-5-4-8(18(12,15)16)6-9(10)11(13)14/h3-7H,1H2,2H3,(H,13,14)(H2,12,15,16). The fourth-order valence-corrected chi connectivity index (χ4v) is 1.74. The minimum atomic E-state index is -3.95. The van der Waals surface area contributed by atoms with Gasteiger partial charge in [-0.25, -0.2) is 18.4 Å². The minimum Gasteiger partial charge on any atom is -0.486 e. The normalized spacial score (nSPS) is 12.8. The number of nitrogens with two attached hydrogens (primary N) is 1. The highest BCUT2D eigenvalue weighted by molar-refractivity contribution is 7.89.